The summed E-state index contributed by atoms with van der Waals surface area (Å²) in [6.45, 7) is 1.31. The van der Waals surface area contributed by atoms with Gasteiger partial charge in [0.05, 0.1) is 29.7 Å². The number of amides is 1. The number of nitrogen functional groups attached to an aromatic ring is 1. The van der Waals surface area contributed by atoms with E-state index in [1.54, 1.807) is 6.07 Å². The Morgan fingerprint density at radius 2 is 1.97 bits per heavy atom. The summed E-state index contributed by atoms with van der Waals surface area (Å²) in [6, 6.07) is 8.52. The predicted molar refractivity (Wildman–Crippen MR) is 111 cm³/mol. The normalized spacial score (nSPS) is 17.2. The molecule has 0 atom stereocenters. The number of H-pyrrole nitrogens is 1. The van der Waals surface area contributed by atoms with Crippen molar-refractivity contribution in [3.63, 3.8) is 0 Å². The second kappa shape index (κ2) is 7.60. The highest BCUT2D eigenvalue weighted by Gasteiger charge is 2.25. The Bertz CT molecular complexity index is 1100. The van der Waals surface area contributed by atoms with Crippen molar-refractivity contribution in [1.29, 1.82) is 0 Å². The van der Waals surface area contributed by atoms with Gasteiger partial charge in [-0.15, -0.1) is 0 Å². The summed E-state index contributed by atoms with van der Waals surface area (Å²) in [6.07, 6.45) is 3.52. The molecule has 156 valence electrons. The van der Waals surface area contributed by atoms with Crippen LogP contribution in [0.1, 0.15) is 36.0 Å². The van der Waals surface area contributed by atoms with Gasteiger partial charge in [0.2, 0.25) is 0 Å². The molecule has 8 heteroatoms. The van der Waals surface area contributed by atoms with Crippen molar-refractivity contribution in [3.8, 4) is 16.9 Å². The summed E-state index contributed by atoms with van der Waals surface area (Å²) in [5, 5.41) is 10.5. The number of nitrogens with zero attached hydrogens (tertiary/aromatic N) is 1. The molecule has 1 aliphatic carbocycles. The number of carbonyl (C=O) groups excluding carboxylic acids is 1. The van der Waals surface area contributed by atoms with E-state index in [1.165, 1.54) is 12.1 Å². The molecule has 5 rings (SSSR count). The lowest BCUT2D eigenvalue weighted by Gasteiger charge is -2.24. The maximum atomic E-state index is 14.7. The minimum atomic E-state index is -0.554. The van der Waals surface area contributed by atoms with Gasteiger partial charge in [0.1, 0.15) is 17.7 Å². The lowest BCUT2D eigenvalue weighted by atomic mass is 10.0. The first-order valence-corrected chi connectivity index (χ1v) is 10.2. The van der Waals surface area contributed by atoms with E-state index < -0.39 is 5.82 Å². The highest BCUT2D eigenvalue weighted by Crippen LogP contribution is 2.36. The first-order valence-electron chi connectivity index (χ1n) is 10.2. The van der Waals surface area contributed by atoms with Crippen molar-refractivity contribution in [2.24, 2.45) is 0 Å². The van der Waals surface area contributed by atoms with Crippen LogP contribution >= 0.6 is 0 Å². The fraction of sp³-hybridized carbons (Fsp3) is 0.364. The number of aromatic nitrogens is 2. The minimum Gasteiger partial charge on any atom is -0.489 e. The van der Waals surface area contributed by atoms with E-state index in [0.717, 1.165) is 31.2 Å². The molecule has 0 spiro atoms. The fourth-order valence-corrected chi connectivity index (χ4v) is 3.75. The number of rotatable bonds is 5. The number of hydrogen-bond acceptors (Lipinski definition) is 5. The molecule has 2 aliphatic rings. The van der Waals surface area contributed by atoms with Crippen molar-refractivity contribution < 1.29 is 18.7 Å². The van der Waals surface area contributed by atoms with Gasteiger partial charge in [0.25, 0.3) is 5.91 Å². The second-order valence-corrected chi connectivity index (χ2v) is 7.88. The van der Waals surface area contributed by atoms with Gasteiger partial charge in [-0.2, -0.15) is 5.10 Å². The topological polar surface area (TPSA) is 102 Å². The van der Waals surface area contributed by atoms with E-state index in [4.69, 9.17) is 15.2 Å². The van der Waals surface area contributed by atoms with E-state index in [9.17, 15) is 9.18 Å². The highest BCUT2D eigenvalue weighted by molar-refractivity contribution is 5.98. The highest BCUT2D eigenvalue weighted by atomic mass is 19.1. The number of aromatic amines is 1. The molecule has 2 aromatic carbocycles. The van der Waals surface area contributed by atoms with E-state index >= 15 is 0 Å². The van der Waals surface area contributed by atoms with Gasteiger partial charge in [-0.1, -0.05) is 6.07 Å². The molecular weight excluding hydrogens is 387 g/mol. The van der Waals surface area contributed by atoms with Gasteiger partial charge in [0.15, 0.2) is 5.82 Å². The number of hydrogen-bond donors (Lipinski definition) is 3. The molecule has 30 heavy (non-hydrogen) atoms. The third-order valence-electron chi connectivity index (χ3n) is 5.58. The minimum absolute atomic E-state index is 0.0248. The van der Waals surface area contributed by atoms with Gasteiger partial charge in [0, 0.05) is 18.9 Å². The first kappa shape index (κ1) is 18.9. The van der Waals surface area contributed by atoms with Crippen LogP contribution in [-0.4, -0.2) is 41.5 Å². The van der Waals surface area contributed by atoms with Gasteiger partial charge in [-0.25, -0.2) is 4.39 Å². The molecule has 3 aromatic rings. The molecule has 4 N–H and O–H groups in total. The molecule has 1 saturated heterocycles. The van der Waals surface area contributed by atoms with Crippen molar-refractivity contribution >= 4 is 22.6 Å². The number of nitrogens with one attached hydrogen (secondary N) is 2. The standard InChI is InChI=1S/C22H23FN4O3/c23-17-9-12(1-4-16(17)22(28)25-14-2-3-14)13-10-18-20(21(24)27-26-18)19(11-13)30-15-5-7-29-8-6-15/h1,4,9-11,14-15H,2-3,5-8H2,(H,25,28)(H3,24,26,27). The maximum absolute atomic E-state index is 14.7. The summed E-state index contributed by atoms with van der Waals surface area (Å²) in [5.74, 6) is 0.0390. The Hall–Kier alpha value is -3.13. The van der Waals surface area contributed by atoms with E-state index in [1.807, 2.05) is 12.1 Å². The van der Waals surface area contributed by atoms with E-state index in [2.05, 4.69) is 15.5 Å². The van der Waals surface area contributed by atoms with Gasteiger partial charge in [-0.3, -0.25) is 9.89 Å². The molecule has 1 aromatic heterocycles. The third-order valence-corrected chi connectivity index (χ3v) is 5.58. The molecule has 1 aliphatic heterocycles. The zero-order valence-corrected chi connectivity index (χ0v) is 16.4. The van der Waals surface area contributed by atoms with Crippen LogP contribution in [0.15, 0.2) is 30.3 Å². The summed E-state index contributed by atoms with van der Waals surface area (Å²) < 4.78 is 26.3. The summed E-state index contributed by atoms with van der Waals surface area (Å²) in [4.78, 5) is 12.2. The van der Waals surface area contributed by atoms with Gasteiger partial charge >= 0.3 is 0 Å². The Balaban J connectivity index is 1.49. The molecule has 0 bridgehead atoms. The molecule has 2 heterocycles. The molecule has 0 radical (unpaired) electrons. The number of fused-ring (bicyclic) bond motifs is 1. The maximum Gasteiger partial charge on any atom is 0.254 e. The van der Waals surface area contributed by atoms with Crippen LogP contribution in [0.5, 0.6) is 5.75 Å². The average Bonchev–Trinajstić information content (AvgIpc) is 3.48. The van der Waals surface area contributed by atoms with Crippen LogP contribution in [0.2, 0.25) is 0 Å². The Morgan fingerprint density at radius 3 is 2.70 bits per heavy atom. The zero-order chi connectivity index (χ0) is 20.7. The number of benzene rings is 2. The number of carbonyl (C=O) groups is 1. The van der Waals surface area contributed by atoms with Crippen LogP contribution in [0.3, 0.4) is 0 Å². The van der Waals surface area contributed by atoms with Crippen molar-refractivity contribution in [1.82, 2.24) is 15.5 Å². The molecule has 0 unspecified atom stereocenters. The van der Waals surface area contributed by atoms with Crippen LogP contribution in [-0.2, 0) is 4.74 Å². The predicted octanol–water partition coefficient (Wildman–Crippen LogP) is 3.40. The van der Waals surface area contributed by atoms with Crippen molar-refractivity contribution in [2.75, 3.05) is 18.9 Å². The lowest BCUT2D eigenvalue weighted by Crippen LogP contribution is -2.26. The fourth-order valence-electron chi connectivity index (χ4n) is 3.75. The number of halogens is 1. The molecular formula is C22H23FN4O3. The largest absolute Gasteiger partial charge is 0.489 e. The third kappa shape index (κ3) is 3.70. The van der Waals surface area contributed by atoms with Crippen LogP contribution < -0.4 is 15.8 Å². The zero-order valence-electron chi connectivity index (χ0n) is 16.4. The van der Waals surface area contributed by atoms with Crippen LogP contribution in [0, 0.1) is 5.82 Å². The monoisotopic (exact) mass is 410 g/mol. The molecule has 7 nitrogen and oxygen atoms in total. The Morgan fingerprint density at radius 1 is 1.17 bits per heavy atom. The Kier molecular flexibility index (Phi) is 4.78. The van der Waals surface area contributed by atoms with Gasteiger partial charge in [-0.05, 0) is 48.2 Å². The smallest absolute Gasteiger partial charge is 0.254 e. The SMILES string of the molecule is Nc1n[nH]c2cc(-c3ccc(C(=O)NC4CC4)c(F)c3)cc(OC3CCOCC3)c12. The summed E-state index contributed by atoms with van der Waals surface area (Å²) in [7, 11) is 0. The number of ether oxygens (including phenoxy) is 2. The van der Waals surface area contributed by atoms with E-state index in [0.29, 0.717) is 41.2 Å². The average molecular weight is 410 g/mol. The number of nitrogens with two attached hydrogens (primary N) is 1. The number of anilines is 1. The quantitative estimate of drug-likeness (QED) is 0.598. The first-order chi connectivity index (χ1) is 14.6. The van der Waals surface area contributed by atoms with Gasteiger partial charge < -0.3 is 20.5 Å². The summed E-state index contributed by atoms with van der Waals surface area (Å²) in [5.41, 5.74) is 8.20. The molecule has 2 fully saturated rings. The van der Waals surface area contributed by atoms with E-state index in [-0.39, 0.29) is 23.6 Å². The van der Waals surface area contributed by atoms with Crippen LogP contribution in [0.25, 0.3) is 22.0 Å². The Labute approximate surface area is 172 Å². The van der Waals surface area contributed by atoms with Crippen molar-refractivity contribution in [3.05, 3.63) is 41.7 Å². The molecule has 1 saturated carbocycles. The lowest BCUT2D eigenvalue weighted by molar-refractivity contribution is 0.0262. The van der Waals surface area contributed by atoms with Crippen LogP contribution in [0.4, 0.5) is 10.2 Å². The van der Waals surface area contributed by atoms with Crippen molar-refractivity contribution in [2.45, 2.75) is 37.8 Å². The molecule has 1 amide bonds. The second-order valence-electron chi connectivity index (χ2n) is 7.88. The summed E-state index contributed by atoms with van der Waals surface area (Å²) >= 11 is 0.